The minimum atomic E-state index is -0.699. The van der Waals surface area contributed by atoms with Crippen molar-refractivity contribution in [1.29, 1.82) is 0 Å². The van der Waals surface area contributed by atoms with Gasteiger partial charge in [-0.2, -0.15) is 0 Å². The number of halogens is 2. The Morgan fingerprint density at radius 3 is 2.38 bits per heavy atom. The van der Waals surface area contributed by atoms with Crippen molar-refractivity contribution in [1.82, 2.24) is 4.90 Å². The summed E-state index contributed by atoms with van der Waals surface area (Å²) in [5, 5.41) is 0. The molecule has 0 aliphatic carbocycles. The summed E-state index contributed by atoms with van der Waals surface area (Å²) in [6, 6.07) is 0. The zero-order valence-electron chi connectivity index (χ0n) is 5.19. The van der Waals surface area contributed by atoms with Crippen LogP contribution >= 0.6 is 22.6 Å². The summed E-state index contributed by atoms with van der Waals surface area (Å²) in [4.78, 5) is 1.94. The molecule has 0 saturated carbocycles. The molecule has 0 aromatic rings. The Morgan fingerprint density at radius 1 is 1.75 bits per heavy atom. The predicted molar refractivity (Wildman–Crippen MR) is 42.1 cm³/mol. The van der Waals surface area contributed by atoms with Crippen LogP contribution in [-0.2, 0) is 0 Å². The van der Waals surface area contributed by atoms with E-state index < -0.39 is 6.17 Å². The van der Waals surface area contributed by atoms with E-state index in [1.54, 1.807) is 6.92 Å². The normalized spacial score (nSPS) is 14.6. The first-order valence-electron chi connectivity index (χ1n) is 2.55. The first-order valence-corrected chi connectivity index (χ1v) is 4.08. The van der Waals surface area contributed by atoms with Crippen LogP contribution in [0.1, 0.15) is 6.92 Å². The van der Waals surface area contributed by atoms with Gasteiger partial charge in [-0.3, -0.25) is 4.90 Å². The number of rotatable bonds is 3. The second-order valence-corrected chi connectivity index (χ2v) is 2.62. The van der Waals surface area contributed by atoms with Gasteiger partial charge in [-0.15, -0.1) is 0 Å². The second-order valence-electron chi connectivity index (χ2n) is 1.94. The van der Waals surface area contributed by atoms with E-state index in [1.807, 2.05) is 11.9 Å². The van der Waals surface area contributed by atoms with Crippen LogP contribution in [0.25, 0.3) is 0 Å². The molecule has 0 spiro atoms. The van der Waals surface area contributed by atoms with Crippen molar-refractivity contribution >= 4 is 22.6 Å². The number of nitrogens with zero attached hydrogens (tertiary/aromatic N) is 1. The third kappa shape index (κ3) is 4.77. The Balaban J connectivity index is 3.10. The molecule has 0 fully saturated rings. The van der Waals surface area contributed by atoms with Crippen molar-refractivity contribution in [3.05, 3.63) is 0 Å². The minimum Gasteiger partial charge on any atom is -0.294 e. The van der Waals surface area contributed by atoms with E-state index in [4.69, 9.17) is 0 Å². The summed E-state index contributed by atoms with van der Waals surface area (Å²) in [6.45, 7) is 2.12. The molecule has 0 radical (unpaired) electrons. The molecule has 1 atom stereocenters. The molecular formula is C5H11FIN. The van der Waals surface area contributed by atoms with Gasteiger partial charge in [0.1, 0.15) is 6.17 Å². The molecule has 0 bridgehead atoms. The fourth-order valence-electron chi connectivity index (χ4n) is 0.478. The van der Waals surface area contributed by atoms with Crippen LogP contribution in [0.3, 0.4) is 0 Å². The summed E-state index contributed by atoms with van der Waals surface area (Å²) >= 11 is 2.21. The molecule has 0 saturated heterocycles. The highest BCUT2D eigenvalue weighted by atomic mass is 127. The van der Waals surface area contributed by atoms with Gasteiger partial charge in [0.25, 0.3) is 0 Å². The van der Waals surface area contributed by atoms with Crippen LogP contribution in [-0.4, -0.2) is 29.2 Å². The third-order valence-corrected chi connectivity index (χ3v) is 1.93. The molecule has 0 aromatic heterocycles. The van der Waals surface area contributed by atoms with Gasteiger partial charge < -0.3 is 0 Å². The summed E-state index contributed by atoms with van der Waals surface area (Å²) < 4.78 is 13.0. The molecule has 0 amide bonds. The fourth-order valence-corrected chi connectivity index (χ4v) is 0.757. The maximum absolute atomic E-state index is 12.1. The smallest absolute Gasteiger partial charge is 0.110 e. The molecule has 0 aliphatic rings. The lowest BCUT2D eigenvalue weighted by molar-refractivity contribution is 0.262. The van der Waals surface area contributed by atoms with Gasteiger partial charge in [-0.05, 0) is 14.0 Å². The van der Waals surface area contributed by atoms with Crippen molar-refractivity contribution in [3.63, 3.8) is 0 Å². The molecule has 50 valence electrons. The fraction of sp³-hybridized carbons (Fsp3) is 1.00. The van der Waals surface area contributed by atoms with E-state index in [2.05, 4.69) is 22.6 Å². The van der Waals surface area contributed by atoms with E-state index in [0.29, 0.717) is 6.54 Å². The van der Waals surface area contributed by atoms with Gasteiger partial charge in [0.05, 0.1) is 4.55 Å². The lowest BCUT2D eigenvalue weighted by Crippen LogP contribution is -2.23. The first-order chi connectivity index (χ1) is 3.66. The Morgan fingerprint density at radius 2 is 2.25 bits per heavy atom. The Bertz CT molecular complexity index is 58.4. The van der Waals surface area contributed by atoms with E-state index in [-0.39, 0.29) is 0 Å². The summed E-state index contributed by atoms with van der Waals surface area (Å²) in [5.41, 5.74) is 0. The Hall–Kier alpha value is 0.620. The predicted octanol–water partition coefficient (Wildman–Crippen LogP) is 1.67. The van der Waals surface area contributed by atoms with Crippen LogP contribution in [0.15, 0.2) is 0 Å². The number of hydrogen-bond donors (Lipinski definition) is 0. The maximum atomic E-state index is 12.1. The van der Waals surface area contributed by atoms with E-state index in [0.717, 1.165) is 4.55 Å². The highest BCUT2D eigenvalue weighted by molar-refractivity contribution is 14.1. The van der Waals surface area contributed by atoms with Crippen molar-refractivity contribution in [2.45, 2.75) is 13.1 Å². The summed E-state index contributed by atoms with van der Waals surface area (Å²) in [5.74, 6) is 0. The minimum absolute atomic E-state index is 0.545. The molecule has 8 heavy (non-hydrogen) atoms. The Labute approximate surface area is 63.4 Å². The van der Waals surface area contributed by atoms with Gasteiger partial charge >= 0.3 is 0 Å². The molecule has 0 aromatic carbocycles. The summed E-state index contributed by atoms with van der Waals surface area (Å²) in [6.07, 6.45) is -0.699. The topological polar surface area (TPSA) is 3.24 Å². The van der Waals surface area contributed by atoms with Gasteiger partial charge in [0.15, 0.2) is 0 Å². The highest BCUT2D eigenvalue weighted by Crippen LogP contribution is 1.94. The molecule has 1 unspecified atom stereocenters. The van der Waals surface area contributed by atoms with Crippen LogP contribution in [0.4, 0.5) is 4.39 Å². The second kappa shape index (κ2) is 4.49. The zero-order valence-corrected chi connectivity index (χ0v) is 7.35. The number of alkyl halides is 2. The molecule has 3 heteroatoms. The van der Waals surface area contributed by atoms with Gasteiger partial charge in [0.2, 0.25) is 0 Å². The van der Waals surface area contributed by atoms with Crippen LogP contribution < -0.4 is 0 Å². The lowest BCUT2D eigenvalue weighted by Gasteiger charge is -2.12. The molecule has 0 heterocycles. The largest absolute Gasteiger partial charge is 0.294 e. The lowest BCUT2D eigenvalue weighted by atomic mass is 10.4. The van der Waals surface area contributed by atoms with Crippen LogP contribution in [0.5, 0.6) is 0 Å². The SMILES string of the molecule is CC(F)CN(C)CI. The standard InChI is InChI=1S/C5H11FIN/c1-5(6)3-8(2)4-7/h5H,3-4H2,1-2H3. The molecule has 0 rings (SSSR count). The average molecular weight is 231 g/mol. The van der Waals surface area contributed by atoms with E-state index in [9.17, 15) is 4.39 Å². The van der Waals surface area contributed by atoms with Gasteiger partial charge in [-0.25, -0.2) is 4.39 Å². The highest BCUT2D eigenvalue weighted by Gasteiger charge is 2.00. The maximum Gasteiger partial charge on any atom is 0.110 e. The quantitative estimate of drug-likeness (QED) is 0.405. The molecule has 1 nitrogen and oxygen atoms in total. The van der Waals surface area contributed by atoms with Gasteiger partial charge in [0, 0.05) is 6.54 Å². The van der Waals surface area contributed by atoms with Gasteiger partial charge in [-0.1, -0.05) is 22.6 Å². The average Bonchev–Trinajstić information content (AvgIpc) is 1.65. The van der Waals surface area contributed by atoms with E-state index in [1.165, 1.54) is 0 Å². The monoisotopic (exact) mass is 231 g/mol. The van der Waals surface area contributed by atoms with Crippen molar-refractivity contribution in [3.8, 4) is 0 Å². The van der Waals surface area contributed by atoms with Crippen molar-refractivity contribution in [2.75, 3.05) is 18.1 Å². The van der Waals surface area contributed by atoms with Crippen molar-refractivity contribution < 1.29 is 4.39 Å². The van der Waals surface area contributed by atoms with Crippen LogP contribution in [0.2, 0.25) is 0 Å². The Kier molecular flexibility index (Phi) is 4.84. The molecule has 0 N–H and O–H groups in total. The van der Waals surface area contributed by atoms with Crippen LogP contribution in [0, 0.1) is 0 Å². The zero-order chi connectivity index (χ0) is 6.57. The number of hydrogen-bond acceptors (Lipinski definition) is 1. The summed E-state index contributed by atoms with van der Waals surface area (Å²) in [7, 11) is 1.91. The molecule has 0 aliphatic heterocycles. The first kappa shape index (κ1) is 8.62. The molecular weight excluding hydrogens is 220 g/mol. The van der Waals surface area contributed by atoms with E-state index >= 15 is 0 Å². The van der Waals surface area contributed by atoms with Crippen molar-refractivity contribution in [2.24, 2.45) is 0 Å². The third-order valence-electron chi connectivity index (χ3n) is 0.767.